The van der Waals surface area contributed by atoms with E-state index in [1.54, 1.807) is 0 Å². The van der Waals surface area contributed by atoms with Crippen LogP contribution < -0.4 is 10.2 Å². The van der Waals surface area contributed by atoms with Gasteiger partial charge in [-0.25, -0.2) is 0 Å². The Morgan fingerprint density at radius 1 is 1.10 bits per heavy atom. The highest BCUT2D eigenvalue weighted by molar-refractivity contribution is 14.0. The predicted octanol–water partition coefficient (Wildman–Crippen LogP) is 3.33. The number of benzene rings is 1. The number of nitrogens with one attached hydrogen (secondary N) is 1. The largest absolute Gasteiger partial charge is 0.368 e. The molecule has 1 fully saturated rings. The van der Waals surface area contributed by atoms with Gasteiger partial charge in [-0.1, -0.05) is 23.7 Å². The molecule has 30 heavy (non-hydrogen) atoms. The molecular formula is C21H27ClIN7. The van der Waals surface area contributed by atoms with E-state index in [0.29, 0.717) is 6.54 Å². The van der Waals surface area contributed by atoms with E-state index >= 15 is 0 Å². The van der Waals surface area contributed by atoms with Gasteiger partial charge in [-0.05, 0) is 37.3 Å². The van der Waals surface area contributed by atoms with Crippen LogP contribution in [0.5, 0.6) is 0 Å². The minimum atomic E-state index is 0. The molecule has 3 aromatic rings. The summed E-state index contributed by atoms with van der Waals surface area (Å²) < 4.78 is 2.02. The maximum Gasteiger partial charge on any atom is 0.194 e. The van der Waals surface area contributed by atoms with Crippen LogP contribution in [0.25, 0.3) is 5.65 Å². The van der Waals surface area contributed by atoms with Gasteiger partial charge < -0.3 is 15.1 Å². The molecule has 2 aromatic heterocycles. The van der Waals surface area contributed by atoms with Crippen LogP contribution in [0.4, 0.5) is 5.69 Å². The number of piperazine rings is 1. The lowest BCUT2D eigenvalue weighted by molar-refractivity contribution is 0.372. The second-order valence-electron chi connectivity index (χ2n) is 6.98. The van der Waals surface area contributed by atoms with Gasteiger partial charge in [0.2, 0.25) is 0 Å². The molecule has 1 aromatic carbocycles. The summed E-state index contributed by atoms with van der Waals surface area (Å²) in [7, 11) is 0. The highest BCUT2D eigenvalue weighted by atomic mass is 127. The smallest absolute Gasteiger partial charge is 0.194 e. The number of halogens is 2. The number of pyridine rings is 1. The second kappa shape index (κ2) is 10.8. The molecule has 1 saturated heterocycles. The fraction of sp³-hybridized carbons (Fsp3) is 0.381. The van der Waals surface area contributed by atoms with Crippen molar-refractivity contribution in [1.29, 1.82) is 0 Å². The normalized spacial score (nSPS) is 14.7. The molecule has 4 rings (SSSR count). The van der Waals surface area contributed by atoms with Crippen molar-refractivity contribution in [3.05, 3.63) is 59.5 Å². The van der Waals surface area contributed by atoms with Gasteiger partial charge in [0, 0.05) is 62.6 Å². The minimum Gasteiger partial charge on any atom is -0.368 e. The lowest BCUT2D eigenvalue weighted by Crippen LogP contribution is -2.52. The molecule has 0 saturated carbocycles. The van der Waals surface area contributed by atoms with Crippen LogP contribution in [-0.2, 0) is 6.42 Å². The molecule has 1 aliphatic rings. The third-order valence-corrected chi connectivity index (χ3v) is 5.30. The van der Waals surface area contributed by atoms with Crippen molar-refractivity contribution in [3.63, 3.8) is 0 Å². The van der Waals surface area contributed by atoms with Crippen LogP contribution in [0.3, 0.4) is 0 Å². The zero-order valence-electron chi connectivity index (χ0n) is 17.0. The molecule has 0 amide bonds. The van der Waals surface area contributed by atoms with Crippen LogP contribution in [-0.4, -0.2) is 64.7 Å². The maximum atomic E-state index is 6.14. The Morgan fingerprint density at radius 2 is 1.93 bits per heavy atom. The van der Waals surface area contributed by atoms with E-state index in [-0.39, 0.29) is 24.0 Å². The molecule has 0 spiro atoms. The Balaban J connectivity index is 0.00000256. The highest BCUT2D eigenvalue weighted by Crippen LogP contribution is 2.20. The Hall–Kier alpha value is -2.07. The zero-order chi connectivity index (χ0) is 20.1. The van der Waals surface area contributed by atoms with Crippen molar-refractivity contribution < 1.29 is 0 Å². The first-order valence-electron chi connectivity index (χ1n) is 10.1. The molecule has 7 nitrogen and oxygen atoms in total. The Morgan fingerprint density at radius 3 is 2.70 bits per heavy atom. The molecule has 0 atom stereocenters. The Kier molecular flexibility index (Phi) is 8.15. The third-order valence-electron chi connectivity index (χ3n) is 5.07. The average Bonchev–Trinajstić information content (AvgIpc) is 3.16. The summed E-state index contributed by atoms with van der Waals surface area (Å²) in [5.74, 6) is 1.90. The molecule has 0 aliphatic carbocycles. The standard InChI is InChI=1S/C21H26ClN7.HI/c1-2-23-21(24-10-9-20-26-25-19-8-3-4-11-29(19)20)28-14-12-27(13-15-28)18-7-5-6-17(22)16-18;/h3-8,11,16H,2,9-10,12-15H2,1H3,(H,23,24);1H. The van der Waals surface area contributed by atoms with Crippen LogP contribution >= 0.6 is 35.6 Å². The zero-order valence-corrected chi connectivity index (χ0v) is 20.1. The third kappa shape index (κ3) is 5.34. The van der Waals surface area contributed by atoms with Gasteiger partial charge in [0.1, 0.15) is 5.82 Å². The van der Waals surface area contributed by atoms with Crippen LogP contribution in [0.2, 0.25) is 5.02 Å². The first kappa shape index (κ1) is 22.6. The van der Waals surface area contributed by atoms with E-state index in [2.05, 4.69) is 38.3 Å². The van der Waals surface area contributed by atoms with Crippen molar-refractivity contribution in [2.75, 3.05) is 44.2 Å². The number of hydrogen-bond donors (Lipinski definition) is 1. The summed E-state index contributed by atoms with van der Waals surface area (Å²) in [6, 6.07) is 14.0. The molecule has 0 bridgehead atoms. The van der Waals surface area contributed by atoms with Crippen molar-refractivity contribution in [2.45, 2.75) is 13.3 Å². The van der Waals surface area contributed by atoms with Crippen LogP contribution in [0, 0.1) is 0 Å². The number of rotatable bonds is 5. The lowest BCUT2D eigenvalue weighted by Gasteiger charge is -2.37. The fourth-order valence-electron chi connectivity index (χ4n) is 3.60. The van der Waals surface area contributed by atoms with E-state index in [1.807, 2.05) is 47.0 Å². The maximum absolute atomic E-state index is 6.14. The van der Waals surface area contributed by atoms with Gasteiger partial charge in [0.15, 0.2) is 11.6 Å². The lowest BCUT2D eigenvalue weighted by atomic mass is 10.2. The first-order chi connectivity index (χ1) is 14.2. The van der Waals surface area contributed by atoms with Gasteiger partial charge in [0.05, 0.1) is 0 Å². The van der Waals surface area contributed by atoms with E-state index in [0.717, 1.165) is 61.6 Å². The van der Waals surface area contributed by atoms with Crippen LogP contribution in [0.15, 0.2) is 53.7 Å². The SMILES string of the molecule is CCNC(=NCCc1nnc2ccccn12)N1CCN(c2cccc(Cl)c2)CC1.I. The van der Waals surface area contributed by atoms with Crippen molar-refractivity contribution >= 4 is 52.9 Å². The number of guanidine groups is 1. The monoisotopic (exact) mass is 539 g/mol. The molecule has 0 radical (unpaired) electrons. The number of aromatic nitrogens is 3. The van der Waals surface area contributed by atoms with Gasteiger partial charge >= 0.3 is 0 Å². The fourth-order valence-corrected chi connectivity index (χ4v) is 3.78. The summed E-state index contributed by atoms with van der Waals surface area (Å²) in [6.45, 7) is 7.36. The Bertz CT molecular complexity index is 982. The number of anilines is 1. The molecule has 160 valence electrons. The van der Waals surface area contributed by atoms with Crippen molar-refractivity contribution in [1.82, 2.24) is 24.8 Å². The van der Waals surface area contributed by atoms with E-state index < -0.39 is 0 Å². The molecule has 9 heteroatoms. The quantitative estimate of drug-likeness (QED) is 0.306. The summed E-state index contributed by atoms with van der Waals surface area (Å²) in [4.78, 5) is 9.54. The summed E-state index contributed by atoms with van der Waals surface area (Å²) in [6.07, 6.45) is 2.75. The van der Waals surface area contributed by atoms with Crippen molar-refractivity contribution in [3.8, 4) is 0 Å². The van der Waals surface area contributed by atoms with Gasteiger partial charge in [0.25, 0.3) is 0 Å². The summed E-state index contributed by atoms with van der Waals surface area (Å²) in [5, 5.41) is 12.7. The molecule has 1 aliphatic heterocycles. The second-order valence-corrected chi connectivity index (χ2v) is 7.42. The number of nitrogens with zero attached hydrogens (tertiary/aromatic N) is 6. The predicted molar refractivity (Wildman–Crippen MR) is 133 cm³/mol. The van der Waals surface area contributed by atoms with E-state index in [9.17, 15) is 0 Å². The Labute approximate surface area is 199 Å². The van der Waals surface area contributed by atoms with Gasteiger partial charge in [-0.3, -0.25) is 9.39 Å². The average molecular weight is 540 g/mol. The highest BCUT2D eigenvalue weighted by Gasteiger charge is 2.20. The first-order valence-corrected chi connectivity index (χ1v) is 10.4. The molecule has 0 unspecified atom stereocenters. The van der Waals surface area contributed by atoms with E-state index in [4.69, 9.17) is 16.6 Å². The topological polar surface area (TPSA) is 61.1 Å². The van der Waals surface area contributed by atoms with Gasteiger partial charge in [-0.2, -0.15) is 0 Å². The molecular weight excluding hydrogens is 513 g/mol. The summed E-state index contributed by atoms with van der Waals surface area (Å²) in [5.41, 5.74) is 2.05. The number of hydrogen-bond acceptors (Lipinski definition) is 4. The van der Waals surface area contributed by atoms with E-state index in [1.165, 1.54) is 5.69 Å². The minimum absolute atomic E-state index is 0. The van der Waals surface area contributed by atoms with Gasteiger partial charge in [-0.15, -0.1) is 34.2 Å². The van der Waals surface area contributed by atoms with Crippen molar-refractivity contribution in [2.24, 2.45) is 4.99 Å². The summed E-state index contributed by atoms with van der Waals surface area (Å²) >= 11 is 6.14. The number of aliphatic imine (C=N–C) groups is 1. The molecule has 1 N–H and O–H groups in total. The number of fused-ring (bicyclic) bond motifs is 1. The molecule has 3 heterocycles. The van der Waals surface area contributed by atoms with Crippen LogP contribution in [0.1, 0.15) is 12.7 Å².